The average Bonchev–Trinajstić information content (AvgIpc) is 3.04. The molecule has 0 bridgehead atoms. The Hall–Kier alpha value is -4.71. The third-order valence-electron chi connectivity index (χ3n) is 7.39. The molecule has 266 valence electrons. The summed E-state index contributed by atoms with van der Waals surface area (Å²) in [7, 11) is 8.35. The zero-order valence-electron chi connectivity index (χ0n) is 29.1. The number of carboxylic acid groups (broad SMARTS) is 3. The standard InChI is InChI=1S/C32H42N2O2.C6H8O7/c1-6-31(26-12-8-7-9-13-26)32(27-14-18-29(19-15-27)35-24-10-22-33(2)3)28-16-20-30(21-17-28)36-25-11-23-34(4)5;7-3(8)1-6(13,5(11)12)2-4(9)10/h7-9,12-21H,6,10-11,22-25H2,1-5H3;13H,1-2H2,(H,7,8)(H,9,10)(H,11,12). The molecule has 3 rings (SSSR count). The molecule has 0 fully saturated rings. The van der Waals surface area contributed by atoms with E-state index in [2.05, 4.69) is 124 Å². The number of hydrogen-bond donors (Lipinski definition) is 4. The highest BCUT2D eigenvalue weighted by Crippen LogP contribution is 2.35. The lowest BCUT2D eigenvalue weighted by Crippen LogP contribution is -2.42. The third-order valence-corrected chi connectivity index (χ3v) is 7.39. The fraction of sp³-hybridized carbons (Fsp3) is 0.395. The molecule has 11 heteroatoms. The molecule has 0 spiro atoms. The number of nitrogens with zero attached hydrogens (tertiary/aromatic N) is 2. The molecule has 0 heterocycles. The Morgan fingerprint density at radius 3 is 1.37 bits per heavy atom. The fourth-order valence-corrected chi connectivity index (χ4v) is 4.97. The van der Waals surface area contributed by atoms with Crippen molar-refractivity contribution in [3.8, 4) is 11.5 Å². The minimum absolute atomic E-state index is 0.723. The molecule has 0 saturated carbocycles. The molecule has 0 unspecified atom stereocenters. The van der Waals surface area contributed by atoms with Crippen molar-refractivity contribution in [2.24, 2.45) is 0 Å². The number of aliphatic carboxylic acids is 3. The number of rotatable bonds is 19. The van der Waals surface area contributed by atoms with Gasteiger partial charge in [0.25, 0.3) is 0 Å². The summed E-state index contributed by atoms with van der Waals surface area (Å²) in [6.07, 6.45) is 0.670. The van der Waals surface area contributed by atoms with E-state index < -0.39 is 36.4 Å². The second kappa shape index (κ2) is 20.6. The van der Waals surface area contributed by atoms with Gasteiger partial charge in [-0.15, -0.1) is 0 Å². The minimum atomic E-state index is -2.74. The first-order valence-electron chi connectivity index (χ1n) is 16.2. The van der Waals surface area contributed by atoms with E-state index >= 15 is 0 Å². The first kappa shape index (κ1) is 40.5. The lowest BCUT2D eigenvalue weighted by Gasteiger charge is -2.18. The van der Waals surface area contributed by atoms with Crippen LogP contribution in [0.4, 0.5) is 0 Å². The summed E-state index contributed by atoms with van der Waals surface area (Å²) in [6, 6.07) is 27.8. The number of carboxylic acids is 3. The van der Waals surface area contributed by atoms with Crippen LogP contribution in [0.3, 0.4) is 0 Å². The van der Waals surface area contributed by atoms with Gasteiger partial charge < -0.3 is 39.7 Å². The number of ether oxygens (including phenoxy) is 2. The van der Waals surface area contributed by atoms with Gasteiger partial charge in [0.1, 0.15) is 11.5 Å². The number of allylic oxidation sites excluding steroid dienone is 1. The Balaban J connectivity index is 0.000000543. The van der Waals surface area contributed by atoms with Crippen molar-refractivity contribution >= 4 is 29.1 Å². The Labute approximate surface area is 289 Å². The summed E-state index contributed by atoms with van der Waals surface area (Å²) < 4.78 is 12.0. The number of hydrogen-bond acceptors (Lipinski definition) is 8. The smallest absolute Gasteiger partial charge is 0.336 e. The molecule has 0 radical (unpaired) electrons. The maximum absolute atomic E-state index is 10.3. The van der Waals surface area contributed by atoms with Crippen LogP contribution < -0.4 is 9.47 Å². The van der Waals surface area contributed by atoms with Gasteiger partial charge in [-0.25, -0.2) is 4.79 Å². The molecule has 0 saturated heterocycles. The molecule has 49 heavy (non-hydrogen) atoms. The summed E-state index contributed by atoms with van der Waals surface area (Å²) in [5.74, 6) is -3.19. The molecule has 0 atom stereocenters. The van der Waals surface area contributed by atoms with Crippen molar-refractivity contribution in [1.29, 1.82) is 0 Å². The first-order chi connectivity index (χ1) is 23.2. The maximum atomic E-state index is 10.3. The lowest BCUT2D eigenvalue weighted by molar-refractivity contribution is -0.170. The van der Waals surface area contributed by atoms with Crippen molar-refractivity contribution in [3.05, 3.63) is 95.6 Å². The van der Waals surface area contributed by atoms with Gasteiger partial charge in [-0.2, -0.15) is 0 Å². The Morgan fingerprint density at radius 2 is 1.04 bits per heavy atom. The Kier molecular flexibility index (Phi) is 17.0. The quantitative estimate of drug-likeness (QED) is 0.0942. The van der Waals surface area contributed by atoms with Gasteiger partial charge in [0.2, 0.25) is 0 Å². The summed E-state index contributed by atoms with van der Waals surface area (Å²) in [4.78, 5) is 34.8. The maximum Gasteiger partial charge on any atom is 0.336 e. The van der Waals surface area contributed by atoms with Crippen molar-refractivity contribution in [2.45, 2.75) is 44.6 Å². The van der Waals surface area contributed by atoms with E-state index in [4.69, 9.17) is 29.9 Å². The molecule has 3 aromatic carbocycles. The molecular weight excluding hydrogens is 628 g/mol. The lowest BCUT2D eigenvalue weighted by atomic mass is 9.88. The normalized spacial score (nSPS) is 11.0. The molecule has 3 aromatic rings. The van der Waals surface area contributed by atoms with Crippen LogP contribution in [0.5, 0.6) is 11.5 Å². The van der Waals surface area contributed by atoms with Gasteiger partial charge in [0.15, 0.2) is 5.60 Å². The van der Waals surface area contributed by atoms with Crippen LogP contribution in [0.15, 0.2) is 78.9 Å². The van der Waals surface area contributed by atoms with Crippen LogP contribution in [0.2, 0.25) is 0 Å². The van der Waals surface area contributed by atoms with Crippen molar-refractivity contribution in [1.82, 2.24) is 9.80 Å². The molecule has 11 nitrogen and oxygen atoms in total. The van der Waals surface area contributed by atoms with E-state index in [1.807, 2.05) is 0 Å². The summed E-state index contributed by atoms with van der Waals surface area (Å²) in [6.45, 7) is 5.72. The zero-order valence-corrected chi connectivity index (χ0v) is 29.1. The van der Waals surface area contributed by atoms with Gasteiger partial charge in [-0.3, -0.25) is 9.59 Å². The van der Waals surface area contributed by atoms with Crippen molar-refractivity contribution < 1.29 is 44.3 Å². The topological polar surface area (TPSA) is 157 Å². The average molecular weight is 679 g/mol. The van der Waals surface area contributed by atoms with Crippen LogP contribution >= 0.6 is 0 Å². The van der Waals surface area contributed by atoms with Gasteiger partial charge >= 0.3 is 17.9 Å². The summed E-state index contributed by atoms with van der Waals surface area (Å²) in [5.41, 5.74) is 3.48. The SMILES string of the molecule is CCC(=C(c1ccc(OCCCN(C)C)cc1)c1ccc(OCCCN(C)C)cc1)c1ccccc1.O=C(O)CC(O)(CC(=O)O)C(=O)O. The summed E-state index contributed by atoms with van der Waals surface area (Å²) >= 11 is 0. The van der Waals surface area contributed by atoms with E-state index in [0.717, 1.165) is 57.1 Å². The van der Waals surface area contributed by atoms with E-state index in [9.17, 15) is 14.4 Å². The van der Waals surface area contributed by atoms with Gasteiger partial charge in [-0.1, -0.05) is 61.5 Å². The van der Waals surface area contributed by atoms with Crippen LogP contribution in [0, 0.1) is 0 Å². The van der Waals surface area contributed by atoms with Gasteiger partial charge in [-0.05, 0) is 99.6 Å². The van der Waals surface area contributed by atoms with E-state index in [1.54, 1.807) is 0 Å². The van der Waals surface area contributed by atoms with E-state index in [1.165, 1.54) is 27.8 Å². The number of carbonyl (C=O) groups is 3. The third kappa shape index (κ3) is 14.5. The second-order valence-electron chi connectivity index (χ2n) is 12.1. The highest BCUT2D eigenvalue weighted by Gasteiger charge is 2.40. The van der Waals surface area contributed by atoms with E-state index in [0.29, 0.717) is 0 Å². The van der Waals surface area contributed by atoms with Gasteiger partial charge in [0.05, 0.1) is 26.1 Å². The molecule has 0 amide bonds. The van der Waals surface area contributed by atoms with Crippen molar-refractivity contribution in [3.63, 3.8) is 0 Å². The monoisotopic (exact) mass is 678 g/mol. The largest absolute Gasteiger partial charge is 0.494 e. The van der Waals surface area contributed by atoms with Crippen LogP contribution in [0.1, 0.15) is 55.7 Å². The first-order valence-corrected chi connectivity index (χ1v) is 16.2. The highest BCUT2D eigenvalue weighted by molar-refractivity contribution is 5.98. The molecule has 0 aromatic heterocycles. The molecular formula is C38H50N2O9. The predicted octanol–water partition coefficient (Wildman–Crippen LogP) is 5.47. The Bertz CT molecular complexity index is 1410. The van der Waals surface area contributed by atoms with Gasteiger partial charge in [0, 0.05) is 13.1 Å². The van der Waals surface area contributed by atoms with Crippen LogP contribution in [-0.2, 0) is 14.4 Å². The number of aliphatic hydroxyl groups is 1. The molecule has 0 aliphatic carbocycles. The van der Waals surface area contributed by atoms with Crippen LogP contribution in [0.25, 0.3) is 11.1 Å². The fourth-order valence-electron chi connectivity index (χ4n) is 4.97. The Morgan fingerprint density at radius 1 is 0.633 bits per heavy atom. The molecule has 0 aliphatic rings. The minimum Gasteiger partial charge on any atom is -0.494 e. The van der Waals surface area contributed by atoms with Crippen molar-refractivity contribution in [2.75, 3.05) is 54.5 Å². The highest BCUT2D eigenvalue weighted by atomic mass is 16.5. The zero-order chi connectivity index (χ0) is 36.4. The second-order valence-corrected chi connectivity index (χ2v) is 12.1. The molecule has 0 aliphatic heterocycles. The van der Waals surface area contributed by atoms with Crippen LogP contribution in [-0.4, -0.2) is 108 Å². The summed E-state index contributed by atoms with van der Waals surface area (Å²) in [5, 5.41) is 33.8. The number of benzene rings is 3. The predicted molar refractivity (Wildman–Crippen MR) is 190 cm³/mol. The van der Waals surface area contributed by atoms with E-state index in [-0.39, 0.29) is 0 Å². The molecule has 4 N–H and O–H groups in total.